The molecule has 1 aliphatic rings. The highest BCUT2D eigenvalue weighted by molar-refractivity contribution is 7.92. The zero-order valence-corrected chi connectivity index (χ0v) is 19.0. The molecule has 0 radical (unpaired) electrons. The van der Waals surface area contributed by atoms with E-state index in [1.807, 2.05) is 6.92 Å². The van der Waals surface area contributed by atoms with Crippen LogP contribution in [0.1, 0.15) is 47.9 Å². The van der Waals surface area contributed by atoms with Gasteiger partial charge in [0.05, 0.1) is 17.1 Å². The van der Waals surface area contributed by atoms with E-state index in [4.69, 9.17) is 4.74 Å². The van der Waals surface area contributed by atoms with Crippen LogP contribution in [0.25, 0.3) is 0 Å². The Morgan fingerprint density at radius 2 is 1.85 bits per heavy atom. The summed E-state index contributed by atoms with van der Waals surface area (Å²) in [7, 11) is -4.07. The predicted octanol–water partition coefficient (Wildman–Crippen LogP) is 5.91. The lowest BCUT2D eigenvalue weighted by Crippen LogP contribution is -2.19. The molecule has 10 heteroatoms. The second-order valence-electron chi connectivity index (χ2n) is 8.00. The van der Waals surface area contributed by atoms with Crippen molar-refractivity contribution in [1.82, 2.24) is 4.98 Å². The van der Waals surface area contributed by atoms with Gasteiger partial charge in [-0.05, 0) is 54.3 Å². The van der Waals surface area contributed by atoms with Crippen molar-refractivity contribution in [1.29, 1.82) is 0 Å². The van der Waals surface area contributed by atoms with Gasteiger partial charge >= 0.3 is 6.18 Å². The molecule has 0 fully saturated rings. The number of nitrogens with one attached hydrogen (secondary N) is 1. The first kappa shape index (κ1) is 24.0. The Bertz CT molecular complexity index is 1310. The molecule has 3 aromatic rings. The van der Waals surface area contributed by atoms with Gasteiger partial charge in [0.1, 0.15) is 11.6 Å². The molecular weight excluding hydrogens is 472 g/mol. The summed E-state index contributed by atoms with van der Waals surface area (Å²) in [5.74, 6) is -0.877. The molecule has 0 amide bonds. The first-order valence-electron chi connectivity index (χ1n) is 10.7. The van der Waals surface area contributed by atoms with E-state index in [1.54, 1.807) is 6.07 Å². The Hall–Kier alpha value is -3.14. The second-order valence-corrected chi connectivity index (χ2v) is 9.68. The Labute approximate surface area is 194 Å². The zero-order chi connectivity index (χ0) is 24.5. The Balaban J connectivity index is 1.69. The van der Waals surface area contributed by atoms with Crippen molar-refractivity contribution in [2.24, 2.45) is 0 Å². The van der Waals surface area contributed by atoms with Crippen LogP contribution < -0.4 is 9.46 Å². The lowest BCUT2D eigenvalue weighted by Gasteiger charge is -2.29. The number of hydrogen-bond acceptors (Lipinski definition) is 4. The number of benzene rings is 2. The molecule has 0 aliphatic carbocycles. The maximum absolute atomic E-state index is 13.3. The number of sulfonamides is 1. The summed E-state index contributed by atoms with van der Waals surface area (Å²) >= 11 is 0. The summed E-state index contributed by atoms with van der Waals surface area (Å²) in [6.07, 6.45) is -2.71. The molecule has 2 heterocycles. The number of aryl methyl sites for hydroxylation is 1. The summed E-state index contributed by atoms with van der Waals surface area (Å²) in [6, 6.07) is 11.9. The van der Waals surface area contributed by atoms with Gasteiger partial charge in [-0.25, -0.2) is 13.4 Å². The van der Waals surface area contributed by atoms with Crippen LogP contribution in [0.4, 0.5) is 23.4 Å². The quantitative estimate of drug-likeness (QED) is 0.342. The Morgan fingerprint density at radius 3 is 2.56 bits per heavy atom. The fourth-order valence-corrected chi connectivity index (χ4v) is 5.15. The van der Waals surface area contributed by atoms with Crippen LogP contribution in [0, 0.1) is 5.95 Å². The van der Waals surface area contributed by atoms with Crippen molar-refractivity contribution in [3.8, 4) is 5.75 Å². The number of halogens is 4. The first-order valence-corrected chi connectivity index (χ1v) is 12.2. The third-order valence-corrected chi connectivity index (χ3v) is 7.01. The number of rotatable bonds is 6. The number of fused-ring (bicyclic) bond motifs is 1. The molecule has 5 nitrogen and oxygen atoms in total. The number of alkyl halides is 3. The fourth-order valence-electron chi connectivity index (χ4n) is 4.13. The highest BCUT2D eigenvalue weighted by Crippen LogP contribution is 2.42. The summed E-state index contributed by atoms with van der Waals surface area (Å²) < 4.78 is 86.6. The standard InChI is InChI=1S/C24H22F4N2O3S/c1-2-4-15-13-16(24(26,27)28)7-9-18(15)19-11-12-33-21-14-17(8-10-20(19)21)34(31,32)30-23-6-3-5-22(25)29-23/h3,5-10,13-14,19H,2,4,11-12H2,1H3,(H,29,30)/t19-/m0/s1. The maximum atomic E-state index is 13.3. The monoisotopic (exact) mass is 494 g/mol. The highest BCUT2D eigenvalue weighted by Gasteiger charge is 2.33. The van der Waals surface area contributed by atoms with Crippen molar-refractivity contribution >= 4 is 15.8 Å². The highest BCUT2D eigenvalue weighted by atomic mass is 32.2. The molecule has 2 aromatic carbocycles. The van der Waals surface area contributed by atoms with Crippen LogP contribution in [0.2, 0.25) is 0 Å². The number of hydrogen-bond donors (Lipinski definition) is 1. The molecule has 0 spiro atoms. The van der Waals surface area contributed by atoms with E-state index in [2.05, 4.69) is 9.71 Å². The molecule has 180 valence electrons. The Morgan fingerprint density at radius 1 is 1.09 bits per heavy atom. The van der Waals surface area contributed by atoms with Gasteiger partial charge in [-0.2, -0.15) is 17.6 Å². The van der Waals surface area contributed by atoms with E-state index in [9.17, 15) is 26.0 Å². The molecule has 1 aromatic heterocycles. The third kappa shape index (κ3) is 5.01. The van der Waals surface area contributed by atoms with Gasteiger partial charge in [-0.15, -0.1) is 0 Å². The van der Waals surface area contributed by atoms with Crippen LogP contribution in [-0.2, 0) is 22.6 Å². The van der Waals surface area contributed by atoms with Crippen molar-refractivity contribution in [2.45, 2.75) is 43.2 Å². The normalized spacial score (nSPS) is 16.0. The molecule has 4 rings (SSSR count). The van der Waals surface area contributed by atoms with Crippen LogP contribution >= 0.6 is 0 Å². The fraction of sp³-hybridized carbons (Fsp3) is 0.292. The molecule has 1 N–H and O–H groups in total. The zero-order valence-electron chi connectivity index (χ0n) is 18.2. The van der Waals surface area contributed by atoms with Gasteiger partial charge in [-0.1, -0.05) is 31.5 Å². The number of anilines is 1. The van der Waals surface area contributed by atoms with E-state index in [1.165, 1.54) is 36.4 Å². The molecule has 0 saturated heterocycles. The lowest BCUT2D eigenvalue weighted by molar-refractivity contribution is -0.137. The molecule has 1 aliphatic heterocycles. The minimum Gasteiger partial charge on any atom is -0.493 e. The van der Waals surface area contributed by atoms with Crippen LogP contribution in [0.3, 0.4) is 0 Å². The van der Waals surface area contributed by atoms with Crippen molar-refractivity contribution < 1.29 is 30.7 Å². The molecule has 0 unspecified atom stereocenters. The summed E-state index contributed by atoms with van der Waals surface area (Å²) in [5.41, 5.74) is 1.40. The average molecular weight is 495 g/mol. The van der Waals surface area contributed by atoms with Crippen molar-refractivity contribution in [3.05, 3.63) is 82.8 Å². The number of nitrogens with zero attached hydrogens (tertiary/aromatic N) is 1. The van der Waals surface area contributed by atoms with Gasteiger partial charge in [0.2, 0.25) is 5.95 Å². The lowest BCUT2D eigenvalue weighted by atomic mass is 9.82. The molecule has 0 bridgehead atoms. The number of ether oxygens (including phenoxy) is 1. The van der Waals surface area contributed by atoms with E-state index in [-0.39, 0.29) is 23.2 Å². The van der Waals surface area contributed by atoms with E-state index < -0.39 is 27.7 Å². The van der Waals surface area contributed by atoms with E-state index in [0.29, 0.717) is 36.1 Å². The van der Waals surface area contributed by atoms with Gasteiger partial charge in [-0.3, -0.25) is 4.72 Å². The van der Waals surface area contributed by atoms with Crippen LogP contribution in [0.15, 0.2) is 59.5 Å². The van der Waals surface area contributed by atoms with Gasteiger partial charge in [0, 0.05) is 17.5 Å². The summed E-state index contributed by atoms with van der Waals surface area (Å²) in [4.78, 5) is 3.41. The second kappa shape index (κ2) is 9.25. The van der Waals surface area contributed by atoms with Crippen molar-refractivity contribution in [3.63, 3.8) is 0 Å². The SMILES string of the molecule is CCCc1cc(C(F)(F)F)ccc1[C@@H]1CCOc2cc(S(=O)(=O)Nc3cccc(F)n3)ccc21. The van der Waals surface area contributed by atoms with Gasteiger partial charge < -0.3 is 4.74 Å². The van der Waals surface area contributed by atoms with E-state index in [0.717, 1.165) is 17.7 Å². The first-order chi connectivity index (χ1) is 16.1. The molecule has 0 saturated carbocycles. The van der Waals surface area contributed by atoms with Crippen molar-refractivity contribution in [2.75, 3.05) is 11.3 Å². The molecule has 1 atom stereocenters. The number of aromatic nitrogens is 1. The molecular formula is C24H22F4N2O3S. The van der Waals surface area contributed by atoms with Gasteiger partial charge in [0.15, 0.2) is 0 Å². The minimum absolute atomic E-state index is 0.0980. The minimum atomic E-state index is -4.43. The molecule has 34 heavy (non-hydrogen) atoms. The van der Waals surface area contributed by atoms with E-state index >= 15 is 0 Å². The largest absolute Gasteiger partial charge is 0.493 e. The summed E-state index contributed by atoms with van der Waals surface area (Å²) in [6.45, 7) is 2.19. The smallest absolute Gasteiger partial charge is 0.416 e. The average Bonchev–Trinajstić information content (AvgIpc) is 2.78. The number of pyridine rings is 1. The third-order valence-electron chi connectivity index (χ3n) is 5.65. The van der Waals surface area contributed by atoms with Crippen LogP contribution in [0.5, 0.6) is 5.75 Å². The topological polar surface area (TPSA) is 68.3 Å². The van der Waals surface area contributed by atoms with Crippen LogP contribution in [-0.4, -0.2) is 20.0 Å². The van der Waals surface area contributed by atoms with Gasteiger partial charge in [0.25, 0.3) is 10.0 Å². The maximum Gasteiger partial charge on any atom is 0.416 e. The Kier molecular flexibility index (Phi) is 6.53. The predicted molar refractivity (Wildman–Crippen MR) is 119 cm³/mol. The summed E-state index contributed by atoms with van der Waals surface area (Å²) in [5, 5.41) is 0.